The number of hydrogen-bond acceptors (Lipinski definition) is 3. The van der Waals surface area contributed by atoms with Crippen LogP contribution < -0.4 is 5.32 Å². The normalized spacial score (nSPS) is 20.0. The largest absolute Gasteiger partial charge is 0.418 e. The molecule has 1 aliphatic rings. The smallest absolute Gasteiger partial charge is 0.321 e. The van der Waals surface area contributed by atoms with E-state index in [1.54, 1.807) is 6.92 Å². The zero-order valence-electron chi connectivity index (χ0n) is 12.7. The molecule has 1 atom stereocenters. The first kappa shape index (κ1) is 18.9. The van der Waals surface area contributed by atoms with Gasteiger partial charge in [-0.05, 0) is 31.5 Å². The number of benzene rings is 1. The van der Waals surface area contributed by atoms with Gasteiger partial charge in [0.15, 0.2) is 9.84 Å². The number of alkyl halides is 3. The second kappa shape index (κ2) is 6.79. The molecule has 0 saturated carbocycles. The number of hydrogen-bond donors (Lipinski definition) is 1. The van der Waals surface area contributed by atoms with Crippen molar-refractivity contribution in [2.24, 2.45) is 0 Å². The Labute approximate surface area is 142 Å². The van der Waals surface area contributed by atoms with Gasteiger partial charge < -0.3 is 10.2 Å². The first-order chi connectivity index (χ1) is 11.0. The topological polar surface area (TPSA) is 66.5 Å². The highest BCUT2D eigenvalue weighted by atomic mass is 35.5. The number of carbonyl (C=O) groups excluding carboxylic acids is 1. The number of carbonyl (C=O) groups is 1. The third kappa shape index (κ3) is 4.32. The minimum Gasteiger partial charge on any atom is -0.321 e. The first-order valence-corrected chi connectivity index (χ1v) is 9.38. The first-order valence-electron chi connectivity index (χ1n) is 7.18. The Balaban J connectivity index is 2.22. The molecule has 1 aromatic rings. The van der Waals surface area contributed by atoms with Crippen molar-refractivity contribution < 1.29 is 26.4 Å². The minimum absolute atomic E-state index is 0.0316. The van der Waals surface area contributed by atoms with Gasteiger partial charge in [0, 0.05) is 17.6 Å². The summed E-state index contributed by atoms with van der Waals surface area (Å²) in [6.45, 7) is 1.82. The summed E-state index contributed by atoms with van der Waals surface area (Å²) in [5.41, 5.74) is -1.48. The van der Waals surface area contributed by atoms with Gasteiger partial charge in [0.25, 0.3) is 0 Å². The number of rotatable bonds is 3. The lowest BCUT2D eigenvalue weighted by molar-refractivity contribution is -0.136. The Hall–Kier alpha value is -1.48. The molecule has 2 amide bonds. The zero-order chi connectivity index (χ0) is 18.1. The minimum atomic E-state index is -4.68. The van der Waals surface area contributed by atoms with Crippen molar-refractivity contribution in [1.82, 2.24) is 4.90 Å². The molecule has 0 bridgehead atoms. The van der Waals surface area contributed by atoms with Crippen LogP contribution in [-0.4, -0.2) is 43.4 Å². The van der Waals surface area contributed by atoms with Crippen LogP contribution in [0.15, 0.2) is 18.2 Å². The molecule has 0 aliphatic carbocycles. The molecule has 134 valence electrons. The van der Waals surface area contributed by atoms with Crippen LogP contribution in [0, 0.1) is 0 Å². The van der Waals surface area contributed by atoms with E-state index in [1.165, 1.54) is 11.0 Å². The van der Waals surface area contributed by atoms with Crippen LogP contribution in [0.2, 0.25) is 5.02 Å². The molecule has 1 aromatic carbocycles. The van der Waals surface area contributed by atoms with Crippen molar-refractivity contribution >= 4 is 33.2 Å². The lowest BCUT2D eigenvalue weighted by Crippen LogP contribution is -2.43. The number of anilines is 1. The molecule has 1 fully saturated rings. The zero-order valence-corrected chi connectivity index (χ0v) is 14.3. The second-order valence-electron chi connectivity index (χ2n) is 5.46. The molecule has 1 unspecified atom stereocenters. The van der Waals surface area contributed by atoms with Crippen molar-refractivity contribution in [3.63, 3.8) is 0 Å². The van der Waals surface area contributed by atoms with Gasteiger partial charge >= 0.3 is 12.2 Å². The third-order valence-corrected chi connectivity index (χ3v) is 5.76. The molecular weight excluding hydrogens is 369 g/mol. The molecule has 5 nitrogen and oxygen atoms in total. The molecule has 1 saturated heterocycles. The molecule has 10 heteroatoms. The van der Waals surface area contributed by atoms with E-state index in [2.05, 4.69) is 5.32 Å². The molecule has 0 radical (unpaired) electrons. The molecule has 2 rings (SSSR count). The predicted octanol–water partition coefficient (Wildman–Crippen LogP) is 3.40. The van der Waals surface area contributed by atoms with Gasteiger partial charge in [-0.25, -0.2) is 13.2 Å². The summed E-state index contributed by atoms with van der Waals surface area (Å²) in [5, 5.41) is 2.11. The SMILES string of the molecule is CCN(C(=O)Nc1ccc(Cl)cc1C(F)(F)F)C1CCS(=O)(=O)C1. The standard InChI is InChI=1S/C14H16ClF3N2O3S/c1-2-20(10-5-6-24(22,23)8-10)13(21)19-12-4-3-9(15)7-11(12)14(16,17)18/h3-4,7,10H,2,5-6,8H2,1H3,(H,19,21). The van der Waals surface area contributed by atoms with Crippen LogP contribution >= 0.6 is 11.6 Å². The molecule has 1 N–H and O–H groups in total. The van der Waals surface area contributed by atoms with Gasteiger partial charge in [0.05, 0.1) is 22.8 Å². The van der Waals surface area contributed by atoms with E-state index >= 15 is 0 Å². The predicted molar refractivity (Wildman–Crippen MR) is 84.9 cm³/mol. The van der Waals surface area contributed by atoms with E-state index in [1.807, 2.05) is 0 Å². The Morgan fingerprint density at radius 3 is 2.58 bits per heavy atom. The molecular formula is C14H16ClF3N2O3S. The monoisotopic (exact) mass is 384 g/mol. The van der Waals surface area contributed by atoms with E-state index in [0.29, 0.717) is 0 Å². The summed E-state index contributed by atoms with van der Waals surface area (Å²) >= 11 is 5.59. The number of sulfone groups is 1. The quantitative estimate of drug-likeness (QED) is 0.868. The third-order valence-electron chi connectivity index (χ3n) is 3.78. The lowest BCUT2D eigenvalue weighted by atomic mass is 10.1. The fourth-order valence-corrected chi connectivity index (χ4v) is 4.54. The molecule has 0 aromatic heterocycles. The Bertz CT molecular complexity index is 737. The highest BCUT2D eigenvalue weighted by molar-refractivity contribution is 7.91. The maximum Gasteiger partial charge on any atom is 0.418 e. The highest BCUT2D eigenvalue weighted by Gasteiger charge is 2.36. The van der Waals surface area contributed by atoms with Crippen LogP contribution in [0.1, 0.15) is 18.9 Å². The van der Waals surface area contributed by atoms with Crippen LogP contribution in [0.4, 0.5) is 23.7 Å². The van der Waals surface area contributed by atoms with Crippen molar-refractivity contribution in [3.05, 3.63) is 28.8 Å². The van der Waals surface area contributed by atoms with E-state index in [4.69, 9.17) is 11.6 Å². The van der Waals surface area contributed by atoms with Crippen LogP contribution in [0.3, 0.4) is 0 Å². The number of nitrogens with zero attached hydrogens (tertiary/aromatic N) is 1. The van der Waals surface area contributed by atoms with E-state index < -0.39 is 39.3 Å². The fraction of sp³-hybridized carbons (Fsp3) is 0.500. The number of halogens is 4. The summed E-state index contributed by atoms with van der Waals surface area (Å²) in [7, 11) is -3.21. The lowest BCUT2D eigenvalue weighted by Gasteiger charge is -2.27. The van der Waals surface area contributed by atoms with Crippen molar-refractivity contribution in [3.8, 4) is 0 Å². The van der Waals surface area contributed by atoms with Crippen molar-refractivity contribution in [1.29, 1.82) is 0 Å². The van der Waals surface area contributed by atoms with Gasteiger partial charge in [0.1, 0.15) is 0 Å². The van der Waals surface area contributed by atoms with Gasteiger partial charge in [0.2, 0.25) is 0 Å². The fourth-order valence-electron chi connectivity index (χ4n) is 2.64. The molecule has 1 heterocycles. The average Bonchev–Trinajstić information content (AvgIpc) is 2.80. The van der Waals surface area contributed by atoms with E-state index in [9.17, 15) is 26.4 Å². The van der Waals surface area contributed by atoms with Crippen LogP contribution in [0.5, 0.6) is 0 Å². The van der Waals surface area contributed by atoms with Gasteiger partial charge in [-0.2, -0.15) is 13.2 Å². The molecule has 1 aliphatic heterocycles. The van der Waals surface area contributed by atoms with Crippen molar-refractivity contribution in [2.45, 2.75) is 25.6 Å². The van der Waals surface area contributed by atoms with Crippen LogP contribution in [0.25, 0.3) is 0 Å². The maximum atomic E-state index is 13.1. The Morgan fingerprint density at radius 1 is 1.42 bits per heavy atom. The maximum absolute atomic E-state index is 13.1. The van der Waals surface area contributed by atoms with Crippen LogP contribution in [-0.2, 0) is 16.0 Å². The van der Waals surface area contributed by atoms with E-state index in [0.717, 1.165) is 12.1 Å². The van der Waals surface area contributed by atoms with E-state index in [-0.39, 0.29) is 29.5 Å². The summed E-state index contributed by atoms with van der Waals surface area (Å²) in [6.07, 6.45) is -4.41. The summed E-state index contributed by atoms with van der Waals surface area (Å²) in [4.78, 5) is 13.6. The van der Waals surface area contributed by atoms with Crippen molar-refractivity contribution in [2.75, 3.05) is 23.4 Å². The van der Waals surface area contributed by atoms with Gasteiger partial charge in [-0.15, -0.1) is 0 Å². The van der Waals surface area contributed by atoms with Gasteiger partial charge in [-0.1, -0.05) is 11.6 Å². The summed E-state index contributed by atoms with van der Waals surface area (Å²) in [6, 6.07) is 1.73. The Kier molecular flexibility index (Phi) is 5.34. The summed E-state index contributed by atoms with van der Waals surface area (Å²) < 4.78 is 62.3. The average molecular weight is 385 g/mol. The van der Waals surface area contributed by atoms with Gasteiger partial charge in [-0.3, -0.25) is 0 Å². The highest BCUT2D eigenvalue weighted by Crippen LogP contribution is 2.36. The number of urea groups is 1. The molecule has 24 heavy (non-hydrogen) atoms. The Morgan fingerprint density at radius 2 is 2.08 bits per heavy atom. The summed E-state index contributed by atoms with van der Waals surface area (Å²) in [5.74, 6) is -0.211. The second-order valence-corrected chi connectivity index (χ2v) is 8.13. The number of nitrogens with one attached hydrogen (secondary N) is 1. The molecule has 0 spiro atoms. The number of amides is 2.